The minimum absolute atomic E-state index is 0.0779. The first-order valence-electron chi connectivity index (χ1n) is 6.75. The van der Waals surface area contributed by atoms with Crippen LogP contribution >= 0.6 is 0 Å². The van der Waals surface area contributed by atoms with Crippen molar-refractivity contribution in [1.29, 1.82) is 0 Å². The van der Waals surface area contributed by atoms with Crippen LogP contribution in [0.2, 0.25) is 0 Å². The van der Waals surface area contributed by atoms with Crippen molar-refractivity contribution in [3.8, 4) is 12.3 Å². The maximum atomic E-state index is 11.7. The molecule has 1 aliphatic carbocycles. The number of amides is 1. The highest BCUT2D eigenvalue weighted by Gasteiger charge is 2.33. The molecule has 17 heavy (non-hydrogen) atoms. The average molecular weight is 234 g/mol. The van der Waals surface area contributed by atoms with Gasteiger partial charge in [-0.1, -0.05) is 18.8 Å². The van der Waals surface area contributed by atoms with Crippen LogP contribution in [-0.2, 0) is 4.79 Å². The molecule has 0 aromatic heterocycles. The van der Waals surface area contributed by atoms with Crippen molar-refractivity contribution in [3.63, 3.8) is 0 Å². The van der Waals surface area contributed by atoms with Crippen molar-refractivity contribution in [1.82, 2.24) is 10.2 Å². The molecular weight excluding hydrogens is 212 g/mol. The van der Waals surface area contributed by atoms with Crippen LogP contribution < -0.4 is 5.32 Å². The van der Waals surface area contributed by atoms with Crippen molar-refractivity contribution >= 4 is 5.91 Å². The number of carbonyl (C=O) groups excluding carboxylic acids is 1. The predicted octanol–water partition coefficient (Wildman–Crippen LogP) is 1.39. The lowest BCUT2D eigenvalue weighted by molar-refractivity contribution is -0.123. The average Bonchev–Trinajstić information content (AvgIpc) is 2.37. The normalized spacial score (nSPS) is 29.1. The van der Waals surface area contributed by atoms with Gasteiger partial charge in [0.2, 0.25) is 5.91 Å². The van der Waals surface area contributed by atoms with E-state index in [1.807, 2.05) is 0 Å². The molecule has 3 nitrogen and oxygen atoms in total. The number of terminal acetylenes is 1. The molecule has 0 bridgehead atoms. The molecule has 1 saturated heterocycles. The topological polar surface area (TPSA) is 32.3 Å². The molecule has 2 atom stereocenters. The number of piperidine rings is 1. The largest absolute Gasteiger partial charge is 0.344 e. The molecule has 2 aliphatic rings. The van der Waals surface area contributed by atoms with Gasteiger partial charge in [-0.3, -0.25) is 9.69 Å². The summed E-state index contributed by atoms with van der Waals surface area (Å²) in [7, 11) is 0. The summed E-state index contributed by atoms with van der Waals surface area (Å²) in [5.41, 5.74) is 0. The summed E-state index contributed by atoms with van der Waals surface area (Å²) in [5, 5.41) is 2.76. The molecule has 2 rings (SSSR count). The van der Waals surface area contributed by atoms with Crippen molar-refractivity contribution in [2.24, 2.45) is 5.92 Å². The van der Waals surface area contributed by atoms with Crippen molar-refractivity contribution < 1.29 is 4.79 Å². The van der Waals surface area contributed by atoms with Gasteiger partial charge in [-0.05, 0) is 38.1 Å². The van der Waals surface area contributed by atoms with Crippen molar-refractivity contribution in [2.75, 3.05) is 19.6 Å². The van der Waals surface area contributed by atoms with Gasteiger partial charge in [-0.25, -0.2) is 0 Å². The SMILES string of the molecule is C#CCNC(=O)CN1CCC[C@H]2CCCC[C@H]21. The lowest BCUT2D eigenvalue weighted by atomic mass is 9.78. The molecule has 1 saturated carbocycles. The van der Waals surface area contributed by atoms with E-state index in [1.54, 1.807) is 0 Å². The Kier molecular flexibility index (Phi) is 4.44. The van der Waals surface area contributed by atoms with E-state index in [1.165, 1.54) is 38.5 Å². The maximum absolute atomic E-state index is 11.7. The van der Waals surface area contributed by atoms with Gasteiger partial charge in [0.25, 0.3) is 0 Å². The van der Waals surface area contributed by atoms with Gasteiger partial charge in [0.15, 0.2) is 0 Å². The van der Waals surface area contributed by atoms with Gasteiger partial charge in [0.1, 0.15) is 0 Å². The first-order valence-corrected chi connectivity index (χ1v) is 6.75. The van der Waals surface area contributed by atoms with Gasteiger partial charge in [0.05, 0.1) is 13.1 Å². The van der Waals surface area contributed by atoms with Crippen LogP contribution in [0.5, 0.6) is 0 Å². The van der Waals surface area contributed by atoms with Gasteiger partial charge >= 0.3 is 0 Å². The molecule has 1 heterocycles. The van der Waals surface area contributed by atoms with Gasteiger partial charge in [-0.2, -0.15) is 0 Å². The van der Waals surface area contributed by atoms with Crippen LogP contribution in [-0.4, -0.2) is 36.5 Å². The predicted molar refractivity (Wildman–Crippen MR) is 68.4 cm³/mol. The van der Waals surface area contributed by atoms with Crippen LogP contribution in [0.3, 0.4) is 0 Å². The van der Waals surface area contributed by atoms with Crippen LogP contribution in [0.25, 0.3) is 0 Å². The number of hydrogen-bond acceptors (Lipinski definition) is 2. The molecule has 0 radical (unpaired) electrons. The smallest absolute Gasteiger partial charge is 0.234 e. The molecule has 94 valence electrons. The van der Waals surface area contributed by atoms with Crippen LogP contribution in [0.1, 0.15) is 38.5 Å². The molecule has 3 heteroatoms. The number of fused-ring (bicyclic) bond motifs is 1. The minimum Gasteiger partial charge on any atom is -0.344 e. The molecule has 0 spiro atoms. The Balaban J connectivity index is 1.86. The number of nitrogens with one attached hydrogen (secondary N) is 1. The molecule has 2 fully saturated rings. The summed E-state index contributed by atoms with van der Waals surface area (Å²) < 4.78 is 0. The zero-order chi connectivity index (χ0) is 12.1. The highest BCUT2D eigenvalue weighted by molar-refractivity contribution is 5.78. The fourth-order valence-corrected chi connectivity index (χ4v) is 3.31. The maximum Gasteiger partial charge on any atom is 0.234 e. The monoisotopic (exact) mass is 234 g/mol. The lowest BCUT2D eigenvalue weighted by Crippen LogP contribution is -2.50. The van der Waals surface area contributed by atoms with Crippen LogP contribution in [0, 0.1) is 18.3 Å². The standard InChI is InChI=1S/C14H22N2O/c1-2-9-15-14(17)11-16-10-5-7-12-6-3-4-8-13(12)16/h1,12-13H,3-11H2,(H,15,17)/t12-,13-/m1/s1. The Labute approximate surface area is 104 Å². The van der Waals surface area contributed by atoms with E-state index in [0.29, 0.717) is 19.1 Å². The molecule has 0 aromatic carbocycles. The van der Waals surface area contributed by atoms with E-state index in [9.17, 15) is 4.79 Å². The highest BCUT2D eigenvalue weighted by atomic mass is 16.2. The number of nitrogens with zero attached hydrogens (tertiary/aromatic N) is 1. The fraction of sp³-hybridized carbons (Fsp3) is 0.786. The summed E-state index contributed by atoms with van der Waals surface area (Å²) in [6, 6.07) is 0.647. The Morgan fingerprint density at radius 1 is 1.29 bits per heavy atom. The molecule has 1 N–H and O–H groups in total. The Hall–Kier alpha value is -1.01. The summed E-state index contributed by atoms with van der Waals surface area (Å²) in [4.78, 5) is 14.1. The molecule has 0 aromatic rings. The molecule has 0 unspecified atom stereocenters. The first-order chi connectivity index (χ1) is 8.31. The third-order valence-electron chi connectivity index (χ3n) is 4.09. The zero-order valence-corrected chi connectivity index (χ0v) is 10.5. The van der Waals surface area contributed by atoms with E-state index in [4.69, 9.17) is 6.42 Å². The van der Waals surface area contributed by atoms with Crippen molar-refractivity contribution in [3.05, 3.63) is 0 Å². The summed E-state index contributed by atoms with van der Waals surface area (Å²) in [6.45, 7) is 1.95. The van der Waals surface area contributed by atoms with E-state index in [0.717, 1.165) is 12.5 Å². The second kappa shape index (κ2) is 6.07. The van der Waals surface area contributed by atoms with E-state index in [2.05, 4.69) is 16.1 Å². The second-order valence-electron chi connectivity index (χ2n) is 5.21. The third kappa shape index (κ3) is 3.23. The Morgan fingerprint density at radius 3 is 2.88 bits per heavy atom. The Morgan fingerprint density at radius 2 is 2.06 bits per heavy atom. The molecule has 1 aliphatic heterocycles. The number of rotatable bonds is 3. The Bertz CT molecular complexity index is 306. The van der Waals surface area contributed by atoms with Crippen LogP contribution in [0.15, 0.2) is 0 Å². The van der Waals surface area contributed by atoms with Gasteiger partial charge in [-0.15, -0.1) is 6.42 Å². The van der Waals surface area contributed by atoms with Crippen molar-refractivity contribution in [2.45, 2.75) is 44.6 Å². The quantitative estimate of drug-likeness (QED) is 0.748. The second-order valence-corrected chi connectivity index (χ2v) is 5.21. The highest BCUT2D eigenvalue weighted by Crippen LogP contribution is 2.34. The van der Waals surface area contributed by atoms with Gasteiger partial charge in [0, 0.05) is 6.04 Å². The minimum atomic E-state index is 0.0779. The van der Waals surface area contributed by atoms with E-state index in [-0.39, 0.29) is 5.91 Å². The summed E-state index contributed by atoms with van der Waals surface area (Å²) in [6.07, 6.45) is 13.1. The molecule has 1 amide bonds. The fourth-order valence-electron chi connectivity index (χ4n) is 3.31. The number of likely N-dealkylation sites (tertiary alicyclic amines) is 1. The summed E-state index contributed by atoms with van der Waals surface area (Å²) in [5.74, 6) is 3.35. The molecular formula is C14H22N2O. The number of hydrogen-bond donors (Lipinski definition) is 1. The first kappa shape index (κ1) is 12.4. The van der Waals surface area contributed by atoms with E-state index >= 15 is 0 Å². The number of carbonyl (C=O) groups is 1. The van der Waals surface area contributed by atoms with E-state index < -0.39 is 0 Å². The lowest BCUT2D eigenvalue weighted by Gasteiger charge is -2.43. The summed E-state index contributed by atoms with van der Waals surface area (Å²) >= 11 is 0. The zero-order valence-electron chi connectivity index (χ0n) is 10.5. The van der Waals surface area contributed by atoms with Gasteiger partial charge < -0.3 is 5.32 Å². The third-order valence-corrected chi connectivity index (χ3v) is 4.09. The van der Waals surface area contributed by atoms with Crippen LogP contribution in [0.4, 0.5) is 0 Å².